The van der Waals surface area contributed by atoms with Crippen LogP contribution in [0.1, 0.15) is 39.8 Å². The maximum atomic E-state index is 15.0. The molecule has 2 aliphatic heterocycles. The van der Waals surface area contributed by atoms with E-state index in [1.54, 1.807) is 24.3 Å². The van der Waals surface area contributed by atoms with E-state index in [0.29, 0.717) is 59.4 Å². The molecule has 1 saturated carbocycles. The Morgan fingerprint density at radius 2 is 1.90 bits per heavy atom. The Labute approximate surface area is 246 Å². The molecule has 218 valence electrons. The van der Waals surface area contributed by atoms with Crippen molar-refractivity contribution >= 4 is 28.6 Å². The summed E-state index contributed by atoms with van der Waals surface area (Å²) in [5.41, 5.74) is 2.38. The molecule has 0 radical (unpaired) electrons. The number of piperidine rings is 1. The van der Waals surface area contributed by atoms with Gasteiger partial charge in [0, 0.05) is 48.0 Å². The minimum atomic E-state index is -0.587. The second-order valence-corrected chi connectivity index (χ2v) is 11.6. The fourth-order valence-electron chi connectivity index (χ4n) is 6.29. The van der Waals surface area contributed by atoms with Crippen LogP contribution < -0.4 is 4.74 Å². The number of carbonyl (C=O) groups is 1. The first-order valence-electron chi connectivity index (χ1n) is 14.0. The van der Waals surface area contributed by atoms with E-state index in [1.165, 1.54) is 19.2 Å². The molecular weight excluding hydrogens is 566 g/mol. The van der Waals surface area contributed by atoms with Gasteiger partial charge in [-0.05, 0) is 48.6 Å². The third-order valence-electron chi connectivity index (χ3n) is 8.60. The van der Waals surface area contributed by atoms with Gasteiger partial charge < -0.3 is 18.8 Å². The van der Waals surface area contributed by atoms with Gasteiger partial charge in [0.15, 0.2) is 5.82 Å². The van der Waals surface area contributed by atoms with Gasteiger partial charge >= 0.3 is 5.97 Å². The molecule has 42 heavy (non-hydrogen) atoms. The molecule has 1 unspecified atom stereocenters. The molecular formula is C31H29ClF2N4O4. The van der Waals surface area contributed by atoms with Gasteiger partial charge in [0.2, 0.25) is 5.88 Å². The molecule has 2 aromatic heterocycles. The van der Waals surface area contributed by atoms with Gasteiger partial charge in [-0.15, -0.1) is 0 Å². The maximum Gasteiger partial charge on any atom is 0.338 e. The highest BCUT2D eigenvalue weighted by atomic mass is 35.5. The lowest BCUT2D eigenvalue weighted by atomic mass is 10.1. The van der Waals surface area contributed by atoms with Gasteiger partial charge in [-0.2, -0.15) is 0 Å². The van der Waals surface area contributed by atoms with Crippen molar-refractivity contribution in [2.24, 2.45) is 11.8 Å². The number of nitrogens with zero attached hydrogens (tertiary/aromatic N) is 4. The Kier molecular flexibility index (Phi) is 7.08. The molecule has 0 N–H and O–H groups in total. The van der Waals surface area contributed by atoms with Crippen molar-refractivity contribution in [3.8, 4) is 5.88 Å². The number of hydrogen-bond acceptors (Lipinski definition) is 7. The molecule has 0 amide bonds. The molecule has 3 fully saturated rings. The molecule has 0 bridgehead atoms. The summed E-state index contributed by atoms with van der Waals surface area (Å²) in [6.07, 6.45) is 0.970. The Morgan fingerprint density at radius 1 is 1.10 bits per heavy atom. The number of rotatable bonds is 9. The summed E-state index contributed by atoms with van der Waals surface area (Å²) in [5.74, 6) is 0.921. The zero-order valence-corrected chi connectivity index (χ0v) is 23.7. The Morgan fingerprint density at radius 3 is 2.62 bits per heavy atom. The lowest BCUT2D eigenvalue weighted by molar-refractivity contribution is -0.0591. The predicted octanol–water partition coefficient (Wildman–Crippen LogP) is 5.36. The molecule has 11 heteroatoms. The number of ether oxygens (including phenoxy) is 3. The van der Waals surface area contributed by atoms with E-state index >= 15 is 4.39 Å². The topological polar surface area (TPSA) is 78.7 Å². The van der Waals surface area contributed by atoms with Crippen LogP contribution in [0.15, 0.2) is 48.5 Å². The predicted molar refractivity (Wildman–Crippen MR) is 150 cm³/mol. The number of esters is 1. The third-order valence-corrected chi connectivity index (χ3v) is 8.83. The van der Waals surface area contributed by atoms with Crippen LogP contribution in [0.3, 0.4) is 0 Å². The number of imidazole rings is 1. The highest BCUT2D eigenvalue weighted by molar-refractivity contribution is 6.30. The Bertz CT molecular complexity index is 1660. The van der Waals surface area contributed by atoms with Crippen LogP contribution in [0, 0.1) is 23.5 Å². The number of pyridine rings is 1. The van der Waals surface area contributed by atoms with Gasteiger partial charge in [0.1, 0.15) is 23.8 Å². The van der Waals surface area contributed by atoms with E-state index in [9.17, 15) is 9.18 Å². The minimum Gasteiger partial charge on any atom is -0.473 e. The highest BCUT2D eigenvalue weighted by Crippen LogP contribution is 2.58. The van der Waals surface area contributed by atoms with Crippen molar-refractivity contribution in [2.45, 2.75) is 38.1 Å². The molecule has 7 rings (SSSR count). The zero-order chi connectivity index (χ0) is 29.0. The van der Waals surface area contributed by atoms with Gasteiger partial charge in [-0.1, -0.05) is 23.7 Å². The number of fused-ring (bicyclic) bond motifs is 2. The van der Waals surface area contributed by atoms with E-state index in [0.717, 1.165) is 31.0 Å². The molecule has 0 spiro atoms. The van der Waals surface area contributed by atoms with Gasteiger partial charge in [-0.3, -0.25) is 4.90 Å². The molecule has 8 nitrogen and oxygen atoms in total. The molecule has 4 atom stereocenters. The number of methoxy groups -OCH3 is 1. The normalized spacial score (nSPS) is 23.0. The van der Waals surface area contributed by atoms with Crippen molar-refractivity contribution in [2.75, 3.05) is 26.8 Å². The van der Waals surface area contributed by atoms with Crippen molar-refractivity contribution in [3.63, 3.8) is 0 Å². The average Bonchev–Trinajstić information content (AvgIpc) is 3.27. The number of aromatic nitrogens is 3. The fraction of sp³-hybridized carbons (Fsp3) is 0.387. The first-order chi connectivity index (χ1) is 20.4. The smallest absolute Gasteiger partial charge is 0.338 e. The number of hydrogen-bond donors (Lipinski definition) is 0. The van der Waals surface area contributed by atoms with Crippen LogP contribution in [-0.4, -0.2) is 58.3 Å². The summed E-state index contributed by atoms with van der Waals surface area (Å²) >= 11 is 5.84. The molecule has 3 aliphatic rings. The van der Waals surface area contributed by atoms with Gasteiger partial charge in [0.05, 0.1) is 37.4 Å². The summed E-state index contributed by atoms with van der Waals surface area (Å²) in [5, 5.41) is 0.343. The largest absolute Gasteiger partial charge is 0.473 e. The number of halogens is 3. The van der Waals surface area contributed by atoms with Crippen molar-refractivity contribution < 1.29 is 27.8 Å². The monoisotopic (exact) mass is 594 g/mol. The lowest BCUT2D eigenvalue weighted by Gasteiger charge is -2.28. The Balaban J connectivity index is 1.04. The lowest BCUT2D eigenvalue weighted by Crippen LogP contribution is -2.33. The van der Waals surface area contributed by atoms with Crippen LogP contribution in [0.4, 0.5) is 8.78 Å². The standard InChI is InChI=1S/C31H29ClF2N4O4/c1-40-31(39)18-9-24(34)30-26(10-18)38(12-20-7-8-41-20)27(36-30)15-37-13-21-22(14-37)29(21)25-3-2-4-28(35-25)42-16-17-5-6-19(32)11-23(17)33/h2-6,9-11,20-22,29H,7-8,12-16H2,1H3/t20-,21-,22+,29?/m0/s1. The molecule has 4 heterocycles. The second-order valence-electron chi connectivity index (χ2n) is 11.2. The summed E-state index contributed by atoms with van der Waals surface area (Å²) in [6.45, 7) is 3.64. The van der Waals surface area contributed by atoms with E-state index in [1.807, 2.05) is 16.7 Å². The van der Waals surface area contributed by atoms with Crippen LogP contribution in [0.2, 0.25) is 5.02 Å². The van der Waals surface area contributed by atoms with E-state index in [-0.39, 0.29) is 23.8 Å². The fourth-order valence-corrected chi connectivity index (χ4v) is 6.45. The average molecular weight is 595 g/mol. The van der Waals surface area contributed by atoms with Crippen LogP contribution in [0.25, 0.3) is 11.0 Å². The molecule has 2 saturated heterocycles. The first-order valence-corrected chi connectivity index (χ1v) is 14.4. The van der Waals surface area contributed by atoms with E-state index in [4.69, 9.17) is 30.8 Å². The summed E-state index contributed by atoms with van der Waals surface area (Å²) in [4.78, 5) is 23.9. The van der Waals surface area contributed by atoms with Crippen LogP contribution in [-0.2, 0) is 29.2 Å². The number of benzene rings is 2. The van der Waals surface area contributed by atoms with Crippen molar-refractivity contribution in [1.82, 2.24) is 19.4 Å². The van der Waals surface area contributed by atoms with Gasteiger partial charge in [-0.25, -0.2) is 23.5 Å². The Hall–Kier alpha value is -3.60. The molecule has 2 aromatic carbocycles. The first kappa shape index (κ1) is 27.2. The van der Waals surface area contributed by atoms with Crippen molar-refractivity contribution in [1.29, 1.82) is 0 Å². The minimum absolute atomic E-state index is 0.0408. The van der Waals surface area contributed by atoms with Crippen LogP contribution in [0.5, 0.6) is 5.88 Å². The van der Waals surface area contributed by atoms with Crippen molar-refractivity contribution in [3.05, 3.63) is 87.8 Å². The zero-order valence-electron chi connectivity index (χ0n) is 22.9. The van der Waals surface area contributed by atoms with E-state index < -0.39 is 17.6 Å². The van der Waals surface area contributed by atoms with Crippen LogP contribution >= 0.6 is 11.6 Å². The summed E-state index contributed by atoms with van der Waals surface area (Å²) in [6, 6.07) is 13.1. The van der Waals surface area contributed by atoms with Gasteiger partial charge in [0.25, 0.3) is 0 Å². The molecule has 1 aliphatic carbocycles. The highest BCUT2D eigenvalue weighted by Gasteiger charge is 2.57. The third kappa shape index (κ3) is 5.12. The second kappa shape index (κ2) is 10.9. The van der Waals surface area contributed by atoms with E-state index in [2.05, 4.69) is 9.88 Å². The SMILES string of the molecule is COC(=O)c1cc(F)c2nc(CN3C[C@@H]4C(c5cccc(OCc6ccc(Cl)cc6F)n5)[C@@H]4C3)n(C[C@@H]3CCO3)c2c1. The molecule has 4 aromatic rings. The number of carbonyl (C=O) groups excluding carboxylic acids is 1. The quantitative estimate of drug-likeness (QED) is 0.241. The summed E-state index contributed by atoms with van der Waals surface area (Å²) in [7, 11) is 1.28. The number of likely N-dealkylation sites (tertiary alicyclic amines) is 1. The maximum absolute atomic E-state index is 15.0. The summed E-state index contributed by atoms with van der Waals surface area (Å²) < 4.78 is 47.4.